The molecule has 0 spiro atoms. The number of carboxylic acid groups (broad SMARTS) is 1. The molecule has 1 aliphatic rings. The maximum atomic E-state index is 11.3. The van der Waals surface area contributed by atoms with Gasteiger partial charge in [-0.05, 0) is 25.3 Å². The molecule has 3 N–H and O–H groups in total. The fourth-order valence-electron chi connectivity index (χ4n) is 2.40. The molecule has 0 aromatic heterocycles. The first-order valence-electron chi connectivity index (χ1n) is 5.73. The molecular formula is C11H20N2O3. The number of carbonyl (C=O) groups excluding carboxylic acids is 1. The topological polar surface area (TPSA) is 83.6 Å². The lowest BCUT2D eigenvalue weighted by Crippen LogP contribution is -2.56. The van der Waals surface area contributed by atoms with Crippen molar-refractivity contribution in [1.29, 1.82) is 0 Å². The lowest BCUT2D eigenvalue weighted by atomic mass is 9.94. The second-order valence-corrected chi connectivity index (χ2v) is 4.68. The van der Waals surface area contributed by atoms with E-state index in [1.54, 1.807) is 4.90 Å². The Balaban J connectivity index is 2.87. The van der Waals surface area contributed by atoms with Crippen LogP contribution >= 0.6 is 0 Å². The summed E-state index contributed by atoms with van der Waals surface area (Å²) in [5.41, 5.74) is 5.32. The third-order valence-corrected chi connectivity index (χ3v) is 3.11. The number of carbonyl (C=O) groups is 2. The summed E-state index contributed by atoms with van der Waals surface area (Å²) in [6, 6.07) is -1.03. The van der Waals surface area contributed by atoms with E-state index in [9.17, 15) is 14.7 Å². The van der Waals surface area contributed by atoms with Gasteiger partial charge in [0.1, 0.15) is 6.04 Å². The number of nitrogens with zero attached hydrogens (tertiary/aromatic N) is 1. The van der Waals surface area contributed by atoms with Crippen molar-refractivity contribution in [2.24, 2.45) is 11.7 Å². The highest BCUT2D eigenvalue weighted by molar-refractivity contribution is 5.81. The second-order valence-electron chi connectivity index (χ2n) is 4.68. The van der Waals surface area contributed by atoms with Crippen LogP contribution in [0, 0.1) is 5.92 Å². The van der Waals surface area contributed by atoms with E-state index in [1.165, 1.54) is 0 Å². The summed E-state index contributed by atoms with van der Waals surface area (Å²) in [5, 5.41) is 9.20. The highest BCUT2D eigenvalue weighted by Crippen LogP contribution is 2.23. The Hall–Kier alpha value is -1.10. The van der Waals surface area contributed by atoms with Crippen molar-refractivity contribution >= 4 is 11.9 Å². The van der Waals surface area contributed by atoms with Crippen LogP contribution in [-0.2, 0) is 9.59 Å². The van der Waals surface area contributed by atoms with Gasteiger partial charge in [-0.3, -0.25) is 14.5 Å². The molecule has 0 aromatic carbocycles. The minimum Gasteiger partial charge on any atom is -0.480 e. The molecule has 1 heterocycles. The first-order valence-corrected chi connectivity index (χ1v) is 5.73. The third kappa shape index (κ3) is 2.72. The van der Waals surface area contributed by atoms with Gasteiger partial charge >= 0.3 is 5.97 Å². The summed E-state index contributed by atoms with van der Waals surface area (Å²) in [4.78, 5) is 24.3. The number of rotatable bonds is 4. The normalized spacial score (nSPS) is 24.3. The van der Waals surface area contributed by atoms with E-state index in [4.69, 9.17) is 5.73 Å². The van der Waals surface area contributed by atoms with Crippen molar-refractivity contribution < 1.29 is 14.7 Å². The molecule has 2 atom stereocenters. The van der Waals surface area contributed by atoms with Gasteiger partial charge in [0.15, 0.2) is 0 Å². The Labute approximate surface area is 95.6 Å². The number of carboxylic acids is 1. The molecule has 0 aromatic rings. The quantitative estimate of drug-likeness (QED) is 0.731. The molecule has 1 aliphatic heterocycles. The van der Waals surface area contributed by atoms with Gasteiger partial charge in [0.25, 0.3) is 0 Å². The number of hydrogen-bond acceptors (Lipinski definition) is 3. The van der Waals surface area contributed by atoms with Crippen LogP contribution in [0.5, 0.6) is 0 Å². The van der Waals surface area contributed by atoms with Gasteiger partial charge in [0.2, 0.25) is 5.91 Å². The van der Waals surface area contributed by atoms with Crippen LogP contribution in [0.25, 0.3) is 0 Å². The fourth-order valence-corrected chi connectivity index (χ4v) is 2.40. The first-order chi connectivity index (χ1) is 7.45. The molecule has 0 bridgehead atoms. The Bertz CT molecular complexity index is 278. The number of nitrogens with two attached hydrogens (primary N) is 1. The lowest BCUT2D eigenvalue weighted by molar-refractivity contribution is -0.148. The van der Waals surface area contributed by atoms with Crippen molar-refractivity contribution in [1.82, 2.24) is 4.90 Å². The largest absolute Gasteiger partial charge is 0.480 e. The number of piperidine rings is 1. The van der Waals surface area contributed by atoms with E-state index in [1.807, 2.05) is 13.8 Å². The van der Waals surface area contributed by atoms with Gasteiger partial charge < -0.3 is 10.8 Å². The SMILES string of the molecule is CC(C)C(C(=O)O)N1CCCCC1C(N)=O. The van der Waals surface area contributed by atoms with Crippen LogP contribution in [0.3, 0.4) is 0 Å². The predicted molar refractivity (Wildman–Crippen MR) is 59.8 cm³/mol. The Morgan fingerprint density at radius 3 is 2.44 bits per heavy atom. The fraction of sp³-hybridized carbons (Fsp3) is 0.818. The Morgan fingerprint density at radius 2 is 2.00 bits per heavy atom. The van der Waals surface area contributed by atoms with E-state index in [0.29, 0.717) is 13.0 Å². The maximum Gasteiger partial charge on any atom is 0.321 e. The van der Waals surface area contributed by atoms with Gasteiger partial charge in [-0.25, -0.2) is 0 Å². The third-order valence-electron chi connectivity index (χ3n) is 3.11. The molecule has 2 unspecified atom stereocenters. The molecule has 5 nitrogen and oxygen atoms in total. The van der Waals surface area contributed by atoms with Crippen LogP contribution < -0.4 is 5.73 Å². The molecular weight excluding hydrogens is 208 g/mol. The van der Waals surface area contributed by atoms with E-state index >= 15 is 0 Å². The summed E-state index contributed by atoms with van der Waals surface area (Å²) >= 11 is 0. The van der Waals surface area contributed by atoms with Crippen molar-refractivity contribution in [3.63, 3.8) is 0 Å². The number of likely N-dealkylation sites (tertiary alicyclic amines) is 1. The molecule has 5 heteroatoms. The Kier molecular flexibility index (Phi) is 4.29. The summed E-state index contributed by atoms with van der Waals surface area (Å²) in [6.07, 6.45) is 2.54. The maximum absolute atomic E-state index is 11.3. The monoisotopic (exact) mass is 228 g/mol. The number of aliphatic carboxylic acids is 1. The number of hydrogen-bond donors (Lipinski definition) is 2. The molecule has 0 radical (unpaired) electrons. The van der Waals surface area contributed by atoms with Gasteiger partial charge in [0.05, 0.1) is 6.04 Å². The molecule has 1 amide bonds. The second kappa shape index (κ2) is 5.30. The highest BCUT2D eigenvalue weighted by Gasteiger charge is 2.37. The zero-order valence-electron chi connectivity index (χ0n) is 9.85. The Morgan fingerprint density at radius 1 is 1.38 bits per heavy atom. The zero-order valence-corrected chi connectivity index (χ0v) is 9.85. The molecule has 0 aliphatic carbocycles. The summed E-state index contributed by atoms with van der Waals surface area (Å²) < 4.78 is 0. The van der Waals surface area contributed by atoms with Crippen molar-refractivity contribution in [2.45, 2.75) is 45.2 Å². The molecule has 1 rings (SSSR count). The average Bonchev–Trinajstić information content (AvgIpc) is 2.17. The minimum absolute atomic E-state index is 0.0301. The van der Waals surface area contributed by atoms with E-state index < -0.39 is 24.0 Å². The van der Waals surface area contributed by atoms with Gasteiger partial charge in [0, 0.05) is 0 Å². The van der Waals surface area contributed by atoms with Crippen LogP contribution in [0.1, 0.15) is 33.1 Å². The highest BCUT2D eigenvalue weighted by atomic mass is 16.4. The van der Waals surface area contributed by atoms with Crippen molar-refractivity contribution in [3.8, 4) is 0 Å². The minimum atomic E-state index is -0.872. The van der Waals surface area contributed by atoms with E-state index in [-0.39, 0.29) is 5.92 Å². The number of primary amides is 1. The summed E-state index contributed by atoms with van der Waals surface area (Å²) in [6.45, 7) is 4.35. The van der Waals surface area contributed by atoms with Gasteiger partial charge in [-0.1, -0.05) is 20.3 Å². The van der Waals surface area contributed by atoms with E-state index in [0.717, 1.165) is 12.8 Å². The van der Waals surface area contributed by atoms with E-state index in [2.05, 4.69) is 0 Å². The predicted octanol–water partition coefficient (Wildman–Crippen LogP) is 0.435. The standard InChI is InChI=1S/C11H20N2O3/c1-7(2)9(11(15)16)13-6-4-3-5-8(13)10(12)14/h7-9H,3-6H2,1-2H3,(H2,12,14)(H,15,16). The van der Waals surface area contributed by atoms with Crippen molar-refractivity contribution in [3.05, 3.63) is 0 Å². The summed E-state index contributed by atoms with van der Waals surface area (Å²) in [7, 11) is 0. The lowest BCUT2D eigenvalue weighted by Gasteiger charge is -2.39. The molecule has 16 heavy (non-hydrogen) atoms. The first kappa shape index (κ1) is 13.0. The average molecular weight is 228 g/mol. The van der Waals surface area contributed by atoms with Gasteiger partial charge in [-0.15, -0.1) is 0 Å². The van der Waals surface area contributed by atoms with Crippen LogP contribution in [0.2, 0.25) is 0 Å². The summed E-state index contributed by atoms with van der Waals surface area (Å²) in [5.74, 6) is -1.31. The van der Waals surface area contributed by atoms with Crippen molar-refractivity contribution in [2.75, 3.05) is 6.54 Å². The van der Waals surface area contributed by atoms with Crippen LogP contribution in [0.15, 0.2) is 0 Å². The zero-order chi connectivity index (χ0) is 12.3. The molecule has 92 valence electrons. The van der Waals surface area contributed by atoms with Crippen LogP contribution in [0.4, 0.5) is 0 Å². The number of amides is 1. The molecule has 1 saturated heterocycles. The van der Waals surface area contributed by atoms with Gasteiger partial charge in [-0.2, -0.15) is 0 Å². The van der Waals surface area contributed by atoms with Crippen LogP contribution in [-0.4, -0.2) is 40.5 Å². The smallest absolute Gasteiger partial charge is 0.321 e. The molecule has 0 saturated carbocycles. The molecule has 1 fully saturated rings.